The van der Waals surface area contributed by atoms with Crippen LogP contribution in [0.2, 0.25) is 0 Å². The number of hydrogen-bond acceptors (Lipinski definition) is 4. The molecule has 4 nitrogen and oxygen atoms in total. The Bertz CT molecular complexity index is 1210. The fourth-order valence-corrected chi connectivity index (χ4v) is 4.14. The minimum Gasteiger partial charge on any atom is -0.494 e. The molecule has 0 aliphatic heterocycles. The van der Waals surface area contributed by atoms with Crippen molar-refractivity contribution in [3.8, 4) is 17.0 Å². The summed E-state index contributed by atoms with van der Waals surface area (Å²) in [5, 5.41) is 7.87. The zero-order valence-corrected chi connectivity index (χ0v) is 18.8. The molecule has 0 atom stereocenters. The van der Waals surface area contributed by atoms with Gasteiger partial charge in [0, 0.05) is 16.5 Å². The van der Waals surface area contributed by atoms with E-state index in [0.717, 1.165) is 23.1 Å². The standard InChI is InChI=1S/C26H26N2O2S/c1-17(2)13-14-30-20-8-6-7-19(15-20)25(29)28-26-27-24(16-31-26)23-12-11-18(3)21-9-4-5-10-22(21)23/h4-12,15-17H,13-14H2,1-3H3,(H,27,28,29). The third-order valence-corrected chi connectivity index (χ3v) is 5.96. The average molecular weight is 431 g/mol. The summed E-state index contributed by atoms with van der Waals surface area (Å²) < 4.78 is 5.78. The largest absolute Gasteiger partial charge is 0.494 e. The van der Waals surface area contributed by atoms with Gasteiger partial charge in [-0.2, -0.15) is 0 Å². The normalized spacial score (nSPS) is 11.1. The van der Waals surface area contributed by atoms with E-state index in [9.17, 15) is 4.79 Å². The van der Waals surface area contributed by atoms with Crippen molar-refractivity contribution in [2.45, 2.75) is 27.2 Å². The molecule has 4 rings (SSSR count). The predicted octanol–water partition coefficient (Wildman–Crippen LogP) is 6.95. The molecule has 0 unspecified atom stereocenters. The van der Waals surface area contributed by atoms with E-state index in [4.69, 9.17) is 4.74 Å². The van der Waals surface area contributed by atoms with Crippen LogP contribution in [0.5, 0.6) is 5.75 Å². The second-order valence-electron chi connectivity index (χ2n) is 8.03. The number of benzene rings is 3. The summed E-state index contributed by atoms with van der Waals surface area (Å²) in [4.78, 5) is 17.4. The summed E-state index contributed by atoms with van der Waals surface area (Å²) in [5.74, 6) is 1.10. The summed E-state index contributed by atoms with van der Waals surface area (Å²) in [7, 11) is 0. The number of aryl methyl sites for hydroxylation is 1. The van der Waals surface area contributed by atoms with E-state index in [0.29, 0.717) is 29.0 Å². The summed E-state index contributed by atoms with van der Waals surface area (Å²) in [6.07, 6.45) is 0.978. The van der Waals surface area contributed by atoms with Crippen LogP contribution in [-0.4, -0.2) is 17.5 Å². The quantitative estimate of drug-likeness (QED) is 0.345. The molecule has 31 heavy (non-hydrogen) atoms. The van der Waals surface area contributed by atoms with Crippen LogP contribution in [0.4, 0.5) is 5.13 Å². The van der Waals surface area contributed by atoms with Crippen molar-refractivity contribution in [3.63, 3.8) is 0 Å². The molecule has 0 spiro atoms. The molecule has 1 N–H and O–H groups in total. The van der Waals surface area contributed by atoms with E-state index in [-0.39, 0.29) is 5.91 Å². The third-order valence-electron chi connectivity index (χ3n) is 5.20. The van der Waals surface area contributed by atoms with Gasteiger partial charge in [-0.3, -0.25) is 10.1 Å². The lowest BCUT2D eigenvalue weighted by atomic mass is 9.99. The molecule has 3 aromatic carbocycles. The van der Waals surface area contributed by atoms with Crippen LogP contribution >= 0.6 is 11.3 Å². The molecule has 0 saturated heterocycles. The van der Waals surface area contributed by atoms with Gasteiger partial charge in [0.05, 0.1) is 12.3 Å². The first-order valence-electron chi connectivity index (χ1n) is 10.5. The molecule has 1 aromatic heterocycles. The molecule has 1 heterocycles. The van der Waals surface area contributed by atoms with Crippen molar-refractivity contribution in [2.24, 2.45) is 5.92 Å². The molecule has 0 aliphatic carbocycles. The molecule has 0 fully saturated rings. The molecule has 0 saturated carbocycles. The van der Waals surface area contributed by atoms with Gasteiger partial charge in [-0.15, -0.1) is 11.3 Å². The number of ether oxygens (including phenoxy) is 1. The van der Waals surface area contributed by atoms with Gasteiger partial charge in [0.15, 0.2) is 5.13 Å². The second-order valence-corrected chi connectivity index (χ2v) is 8.88. The fraction of sp³-hybridized carbons (Fsp3) is 0.231. The Morgan fingerprint density at radius 1 is 1.06 bits per heavy atom. The van der Waals surface area contributed by atoms with E-state index in [2.05, 4.69) is 55.3 Å². The number of fused-ring (bicyclic) bond motifs is 1. The lowest BCUT2D eigenvalue weighted by molar-refractivity contribution is 0.102. The van der Waals surface area contributed by atoms with Crippen molar-refractivity contribution in [1.82, 2.24) is 4.98 Å². The van der Waals surface area contributed by atoms with Crippen molar-refractivity contribution >= 4 is 33.1 Å². The first-order valence-corrected chi connectivity index (χ1v) is 11.4. The number of anilines is 1. The van der Waals surface area contributed by atoms with E-state index < -0.39 is 0 Å². The summed E-state index contributed by atoms with van der Waals surface area (Å²) in [6.45, 7) is 7.08. The van der Waals surface area contributed by atoms with Crippen LogP contribution in [-0.2, 0) is 0 Å². The van der Waals surface area contributed by atoms with Gasteiger partial charge in [0.2, 0.25) is 0 Å². The molecule has 4 aromatic rings. The van der Waals surface area contributed by atoms with Gasteiger partial charge in [0.25, 0.3) is 5.91 Å². The van der Waals surface area contributed by atoms with E-state index in [1.165, 1.54) is 22.3 Å². The number of hydrogen-bond donors (Lipinski definition) is 1. The number of nitrogens with one attached hydrogen (secondary N) is 1. The Kier molecular flexibility index (Phi) is 6.33. The topological polar surface area (TPSA) is 51.2 Å². The number of rotatable bonds is 7. The number of nitrogens with zero attached hydrogens (tertiary/aromatic N) is 1. The number of carbonyl (C=O) groups is 1. The van der Waals surface area contributed by atoms with Gasteiger partial charge >= 0.3 is 0 Å². The van der Waals surface area contributed by atoms with E-state index >= 15 is 0 Å². The maximum atomic E-state index is 12.8. The lowest BCUT2D eigenvalue weighted by Gasteiger charge is -2.09. The first kappa shape index (κ1) is 21.1. The highest BCUT2D eigenvalue weighted by Gasteiger charge is 2.13. The van der Waals surface area contributed by atoms with E-state index in [1.807, 2.05) is 29.6 Å². The van der Waals surface area contributed by atoms with E-state index in [1.54, 1.807) is 12.1 Å². The van der Waals surface area contributed by atoms with Crippen LogP contribution in [0.25, 0.3) is 22.0 Å². The maximum absolute atomic E-state index is 12.8. The highest BCUT2D eigenvalue weighted by atomic mass is 32.1. The zero-order chi connectivity index (χ0) is 21.8. The van der Waals surface area contributed by atoms with Crippen molar-refractivity contribution in [3.05, 3.63) is 77.2 Å². The van der Waals surface area contributed by atoms with Gasteiger partial charge in [-0.05, 0) is 53.8 Å². The molecule has 0 bridgehead atoms. The molecule has 158 valence electrons. The molecule has 0 aliphatic rings. The molecule has 5 heteroatoms. The summed E-state index contributed by atoms with van der Waals surface area (Å²) >= 11 is 1.43. The van der Waals surface area contributed by atoms with Crippen LogP contribution in [0.15, 0.2) is 66.0 Å². The Morgan fingerprint density at radius 2 is 1.87 bits per heavy atom. The first-order chi connectivity index (χ1) is 15.0. The lowest BCUT2D eigenvalue weighted by Crippen LogP contribution is -2.12. The zero-order valence-electron chi connectivity index (χ0n) is 18.0. The minimum atomic E-state index is -0.191. The van der Waals surface area contributed by atoms with Gasteiger partial charge in [-0.25, -0.2) is 4.98 Å². The minimum absolute atomic E-state index is 0.191. The average Bonchev–Trinajstić information content (AvgIpc) is 3.22. The fourth-order valence-electron chi connectivity index (χ4n) is 3.44. The SMILES string of the molecule is Cc1ccc(-c2csc(NC(=O)c3cccc(OCCC(C)C)c3)n2)c2ccccc12. The molecule has 0 radical (unpaired) electrons. The third kappa shape index (κ3) is 4.94. The van der Waals surface area contributed by atoms with Crippen molar-refractivity contribution < 1.29 is 9.53 Å². The Labute approximate surface area is 186 Å². The predicted molar refractivity (Wildman–Crippen MR) is 129 cm³/mol. The Hall–Kier alpha value is -3.18. The highest BCUT2D eigenvalue weighted by molar-refractivity contribution is 7.14. The maximum Gasteiger partial charge on any atom is 0.257 e. The number of thiazole rings is 1. The number of amides is 1. The molecular weight excluding hydrogens is 404 g/mol. The molecule has 1 amide bonds. The van der Waals surface area contributed by atoms with Crippen molar-refractivity contribution in [2.75, 3.05) is 11.9 Å². The smallest absolute Gasteiger partial charge is 0.257 e. The van der Waals surface area contributed by atoms with Gasteiger partial charge in [0.1, 0.15) is 5.75 Å². The van der Waals surface area contributed by atoms with Crippen LogP contribution < -0.4 is 10.1 Å². The Balaban J connectivity index is 1.50. The van der Waals surface area contributed by atoms with Crippen LogP contribution in [0.1, 0.15) is 36.2 Å². The number of carbonyl (C=O) groups excluding carboxylic acids is 1. The number of aromatic nitrogens is 1. The van der Waals surface area contributed by atoms with Gasteiger partial charge < -0.3 is 4.74 Å². The van der Waals surface area contributed by atoms with Crippen LogP contribution in [0.3, 0.4) is 0 Å². The van der Waals surface area contributed by atoms with Crippen LogP contribution in [0, 0.1) is 12.8 Å². The summed E-state index contributed by atoms with van der Waals surface area (Å²) in [6, 6.07) is 19.8. The molecular formula is C26H26N2O2S. The second kappa shape index (κ2) is 9.31. The van der Waals surface area contributed by atoms with Gasteiger partial charge in [-0.1, -0.05) is 56.3 Å². The Morgan fingerprint density at radius 3 is 2.68 bits per heavy atom. The van der Waals surface area contributed by atoms with Crippen molar-refractivity contribution in [1.29, 1.82) is 0 Å². The monoisotopic (exact) mass is 430 g/mol. The summed E-state index contributed by atoms with van der Waals surface area (Å²) in [5.41, 5.74) is 3.72. The highest BCUT2D eigenvalue weighted by Crippen LogP contribution is 2.32.